The Hall–Kier alpha value is -2.86. The summed E-state index contributed by atoms with van der Waals surface area (Å²) in [4.78, 5) is 24.6. The molecule has 0 fully saturated rings. The Morgan fingerprint density at radius 1 is 1.00 bits per heavy atom. The van der Waals surface area contributed by atoms with Gasteiger partial charge in [-0.05, 0) is 57.2 Å². The molecule has 2 atom stereocenters. The molecule has 6 heteroatoms. The van der Waals surface area contributed by atoms with Crippen LogP contribution in [0.2, 0.25) is 0 Å². The van der Waals surface area contributed by atoms with Gasteiger partial charge in [0.15, 0.2) is 0 Å². The van der Waals surface area contributed by atoms with Crippen molar-refractivity contribution >= 4 is 12.1 Å². The maximum Gasteiger partial charge on any atom is 0.407 e. The van der Waals surface area contributed by atoms with Gasteiger partial charge >= 0.3 is 12.1 Å². The van der Waals surface area contributed by atoms with Gasteiger partial charge in [-0.15, -0.1) is 0 Å². The fourth-order valence-corrected chi connectivity index (χ4v) is 3.31. The van der Waals surface area contributed by atoms with Gasteiger partial charge in [0.25, 0.3) is 0 Å². The van der Waals surface area contributed by atoms with Gasteiger partial charge in [-0.1, -0.05) is 54.6 Å². The van der Waals surface area contributed by atoms with E-state index < -0.39 is 17.6 Å². The molecule has 0 bridgehead atoms. The summed E-state index contributed by atoms with van der Waals surface area (Å²) < 4.78 is 10.5. The standard InChI is InChI=1S/C25H34N2O4/c1-5-30-23(28)21(17-26)16-22(27-24(29)31-25(2,3)4)15-18-11-13-20(14-12-18)19-9-7-6-8-10-19/h6-14,21-22H,5,15-17,26H2,1-4H3,(H,27,29)/t21-,22+/m0/s1. The second kappa shape index (κ2) is 11.5. The zero-order chi connectivity index (χ0) is 22.9. The van der Waals surface area contributed by atoms with Gasteiger partial charge in [0.05, 0.1) is 12.5 Å². The van der Waals surface area contributed by atoms with Crippen LogP contribution < -0.4 is 11.1 Å². The van der Waals surface area contributed by atoms with Crippen molar-refractivity contribution in [1.82, 2.24) is 5.32 Å². The molecular formula is C25H34N2O4. The van der Waals surface area contributed by atoms with Crippen LogP contribution >= 0.6 is 0 Å². The van der Waals surface area contributed by atoms with Crippen molar-refractivity contribution in [3.63, 3.8) is 0 Å². The van der Waals surface area contributed by atoms with Gasteiger partial charge in [-0.3, -0.25) is 4.79 Å². The number of ether oxygens (including phenoxy) is 2. The molecule has 0 radical (unpaired) electrons. The highest BCUT2D eigenvalue weighted by Gasteiger charge is 2.26. The first-order chi connectivity index (χ1) is 14.7. The Balaban J connectivity index is 2.14. The highest BCUT2D eigenvalue weighted by atomic mass is 16.6. The third-order valence-electron chi connectivity index (χ3n) is 4.74. The number of carbonyl (C=O) groups excluding carboxylic acids is 2. The summed E-state index contributed by atoms with van der Waals surface area (Å²) in [6, 6.07) is 18.0. The number of nitrogens with one attached hydrogen (secondary N) is 1. The van der Waals surface area contributed by atoms with Crippen LogP contribution in [0.1, 0.15) is 39.7 Å². The predicted molar refractivity (Wildman–Crippen MR) is 123 cm³/mol. The minimum Gasteiger partial charge on any atom is -0.466 e. The van der Waals surface area contributed by atoms with E-state index in [2.05, 4.69) is 29.6 Å². The average Bonchev–Trinajstić information content (AvgIpc) is 2.71. The van der Waals surface area contributed by atoms with Crippen molar-refractivity contribution < 1.29 is 19.1 Å². The third kappa shape index (κ3) is 8.42. The summed E-state index contributed by atoms with van der Waals surface area (Å²) in [5, 5.41) is 2.91. The molecule has 0 spiro atoms. The van der Waals surface area contributed by atoms with Gasteiger partial charge in [0.2, 0.25) is 0 Å². The fourth-order valence-electron chi connectivity index (χ4n) is 3.31. The fraction of sp³-hybridized carbons (Fsp3) is 0.440. The molecule has 0 unspecified atom stereocenters. The summed E-state index contributed by atoms with van der Waals surface area (Å²) in [6.07, 6.45) is 0.400. The first-order valence-corrected chi connectivity index (χ1v) is 10.7. The van der Waals surface area contributed by atoms with Crippen LogP contribution in [0.25, 0.3) is 11.1 Å². The number of amides is 1. The molecule has 31 heavy (non-hydrogen) atoms. The van der Waals surface area contributed by atoms with Crippen LogP contribution in [0.5, 0.6) is 0 Å². The van der Waals surface area contributed by atoms with E-state index in [1.165, 1.54) is 0 Å². The Labute approximate surface area is 185 Å². The minimum atomic E-state index is -0.611. The second-order valence-corrected chi connectivity index (χ2v) is 8.53. The van der Waals surface area contributed by atoms with Crippen molar-refractivity contribution in [2.24, 2.45) is 11.7 Å². The molecule has 3 N–H and O–H groups in total. The first kappa shape index (κ1) is 24.4. The lowest BCUT2D eigenvalue weighted by Crippen LogP contribution is -2.43. The molecule has 2 aromatic carbocycles. The maximum absolute atomic E-state index is 12.4. The zero-order valence-electron chi connectivity index (χ0n) is 18.9. The zero-order valence-corrected chi connectivity index (χ0v) is 18.9. The van der Waals surface area contributed by atoms with Gasteiger partial charge < -0.3 is 20.5 Å². The van der Waals surface area contributed by atoms with Crippen molar-refractivity contribution in [1.29, 1.82) is 0 Å². The highest BCUT2D eigenvalue weighted by molar-refractivity contribution is 5.73. The number of alkyl carbamates (subject to hydrolysis) is 1. The van der Waals surface area contributed by atoms with Crippen LogP contribution in [-0.2, 0) is 20.7 Å². The third-order valence-corrected chi connectivity index (χ3v) is 4.74. The Bertz CT molecular complexity index is 829. The summed E-state index contributed by atoms with van der Waals surface area (Å²) in [6.45, 7) is 7.64. The van der Waals surface area contributed by atoms with E-state index in [0.29, 0.717) is 19.4 Å². The Morgan fingerprint density at radius 3 is 2.16 bits per heavy atom. The summed E-state index contributed by atoms with van der Waals surface area (Å²) >= 11 is 0. The van der Waals surface area contributed by atoms with Gasteiger partial charge in [-0.25, -0.2) is 4.79 Å². The molecule has 0 aliphatic rings. The first-order valence-electron chi connectivity index (χ1n) is 10.7. The van der Waals surface area contributed by atoms with Crippen LogP contribution in [0.3, 0.4) is 0 Å². The van der Waals surface area contributed by atoms with E-state index >= 15 is 0 Å². The van der Waals surface area contributed by atoms with Crippen LogP contribution in [0.15, 0.2) is 54.6 Å². The van der Waals surface area contributed by atoms with E-state index in [9.17, 15) is 9.59 Å². The Morgan fingerprint density at radius 2 is 1.61 bits per heavy atom. The molecule has 2 aromatic rings. The molecule has 6 nitrogen and oxygen atoms in total. The molecule has 168 valence electrons. The minimum absolute atomic E-state index is 0.151. The quantitative estimate of drug-likeness (QED) is 0.583. The number of carbonyl (C=O) groups is 2. The van der Waals surface area contributed by atoms with Gasteiger partial charge in [0, 0.05) is 12.6 Å². The predicted octanol–water partition coefficient (Wildman–Crippen LogP) is 4.32. The summed E-state index contributed by atoms with van der Waals surface area (Å²) in [5.41, 5.74) is 8.51. The summed E-state index contributed by atoms with van der Waals surface area (Å²) in [5.74, 6) is -0.844. The topological polar surface area (TPSA) is 90.6 Å². The molecule has 0 saturated carbocycles. The molecule has 1 amide bonds. The molecule has 0 aliphatic heterocycles. The van der Waals surface area contributed by atoms with Gasteiger partial charge in [-0.2, -0.15) is 0 Å². The van der Waals surface area contributed by atoms with Crippen molar-refractivity contribution in [2.75, 3.05) is 13.2 Å². The number of hydrogen-bond donors (Lipinski definition) is 2. The lowest BCUT2D eigenvalue weighted by molar-refractivity contribution is -0.148. The number of benzene rings is 2. The Kier molecular flexibility index (Phi) is 9.06. The van der Waals surface area contributed by atoms with E-state index in [1.807, 2.05) is 51.1 Å². The van der Waals surface area contributed by atoms with Crippen molar-refractivity contribution in [3.05, 3.63) is 60.2 Å². The lowest BCUT2D eigenvalue weighted by Gasteiger charge is -2.26. The maximum atomic E-state index is 12.4. The smallest absolute Gasteiger partial charge is 0.407 e. The van der Waals surface area contributed by atoms with Crippen LogP contribution in [0, 0.1) is 5.92 Å². The average molecular weight is 427 g/mol. The highest BCUT2D eigenvalue weighted by Crippen LogP contribution is 2.21. The molecule has 0 saturated heterocycles. The second-order valence-electron chi connectivity index (χ2n) is 8.53. The van der Waals surface area contributed by atoms with E-state index in [1.54, 1.807) is 6.92 Å². The number of esters is 1. The number of rotatable bonds is 9. The van der Waals surface area contributed by atoms with Crippen molar-refractivity contribution in [2.45, 2.75) is 52.2 Å². The largest absolute Gasteiger partial charge is 0.466 e. The van der Waals surface area contributed by atoms with E-state index in [0.717, 1.165) is 16.7 Å². The SMILES string of the molecule is CCOC(=O)[C@H](CN)C[C@@H](Cc1ccc(-c2ccccc2)cc1)NC(=O)OC(C)(C)C. The number of nitrogens with two attached hydrogens (primary N) is 1. The summed E-state index contributed by atoms with van der Waals surface area (Å²) in [7, 11) is 0. The molecule has 0 aromatic heterocycles. The lowest BCUT2D eigenvalue weighted by atomic mass is 9.94. The van der Waals surface area contributed by atoms with E-state index in [-0.39, 0.29) is 18.6 Å². The molecule has 0 heterocycles. The normalized spacial score (nSPS) is 13.2. The van der Waals surface area contributed by atoms with Crippen LogP contribution in [0.4, 0.5) is 4.79 Å². The van der Waals surface area contributed by atoms with Crippen LogP contribution in [-0.4, -0.2) is 36.9 Å². The molecule has 2 rings (SSSR count). The van der Waals surface area contributed by atoms with Gasteiger partial charge in [0.1, 0.15) is 5.60 Å². The van der Waals surface area contributed by atoms with E-state index in [4.69, 9.17) is 15.2 Å². The monoisotopic (exact) mass is 426 g/mol. The molecule has 0 aliphatic carbocycles. The molecular weight excluding hydrogens is 392 g/mol. The van der Waals surface area contributed by atoms with Crippen molar-refractivity contribution in [3.8, 4) is 11.1 Å². The number of hydrogen-bond acceptors (Lipinski definition) is 5.